The SMILES string of the molecule is CCNC(=NCC1(O)CCC1SCC)NCC(c1ccc(F)cc1)N1CCOCC1. The van der Waals surface area contributed by atoms with Crippen molar-refractivity contribution in [3.05, 3.63) is 35.6 Å². The number of morpholine rings is 1. The lowest BCUT2D eigenvalue weighted by atomic mass is 9.79. The summed E-state index contributed by atoms with van der Waals surface area (Å²) in [4.78, 5) is 7.05. The third-order valence-electron chi connectivity index (χ3n) is 5.87. The fourth-order valence-electron chi connectivity index (χ4n) is 4.00. The fourth-order valence-corrected chi connectivity index (χ4v) is 5.19. The maximum absolute atomic E-state index is 13.4. The van der Waals surface area contributed by atoms with Crippen LogP contribution >= 0.6 is 11.8 Å². The molecule has 1 aliphatic carbocycles. The molecule has 3 unspecified atom stereocenters. The number of aliphatic hydroxyl groups is 1. The van der Waals surface area contributed by atoms with E-state index in [1.165, 1.54) is 12.1 Å². The summed E-state index contributed by atoms with van der Waals surface area (Å²) in [5.74, 6) is 1.49. The van der Waals surface area contributed by atoms with Crippen LogP contribution in [0.3, 0.4) is 0 Å². The Balaban J connectivity index is 1.66. The van der Waals surface area contributed by atoms with E-state index in [0.717, 1.165) is 43.8 Å². The number of ether oxygens (including phenoxy) is 1. The van der Waals surface area contributed by atoms with E-state index in [0.29, 0.717) is 32.3 Å². The van der Waals surface area contributed by atoms with E-state index in [2.05, 4.69) is 22.5 Å². The predicted octanol–water partition coefficient (Wildman–Crippen LogP) is 2.40. The molecule has 1 saturated heterocycles. The molecule has 1 aliphatic heterocycles. The molecule has 3 atom stereocenters. The van der Waals surface area contributed by atoms with Crippen LogP contribution in [0.15, 0.2) is 29.3 Å². The zero-order chi connectivity index (χ0) is 21.4. The first-order valence-electron chi connectivity index (χ1n) is 11.0. The highest BCUT2D eigenvalue weighted by atomic mass is 32.2. The van der Waals surface area contributed by atoms with Crippen LogP contribution in [-0.4, -0.2) is 78.5 Å². The van der Waals surface area contributed by atoms with Crippen molar-refractivity contribution in [2.45, 2.75) is 43.6 Å². The number of halogens is 1. The Bertz CT molecular complexity index is 684. The number of benzene rings is 1. The number of hydrogen-bond acceptors (Lipinski definition) is 5. The van der Waals surface area contributed by atoms with Gasteiger partial charge < -0.3 is 20.5 Å². The number of nitrogens with one attached hydrogen (secondary N) is 2. The summed E-state index contributed by atoms with van der Waals surface area (Å²) in [6, 6.07) is 6.82. The highest BCUT2D eigenvalue weighted by molar-refractivity contribution is 8.00. The van der Waals surface area contributed by atoms with Crippen molar-refractivity contribution in [2.75, 3.05) is 51.7 Å². The first-order chi connectivity index (χ1) is 14.6. The quantitative estimate of drug-likeness (QED) is 0.406. The summed E-state index contributed by atoms with van der Waals surface area (Å²) in [6.07, 6.45) is 1.86. The summed E-state index contributed by atoms with van der Waals surface area (Å²) < 4.78 is 18.9. The largest absolute Gasteiger partial charge is 0.387 e. The molecule has 8 heteroatoms. The second-order valence-corrected chi connectivity index (χ2v) is 9.36. The molecule has 1 heterocycles. The van der Waals surface area contributed by atoms with Crippen LogP contribution in [0.4, 0.5) is 4.39 Å². The van der Waals surface area contributed by atoms with Gasteiger partial charge in [0.15, 0.2) is 5.96 Å². The lowest BCUT2D eigenvalue weighted by Crippen LogP contribution is -2.53. The summed E-state index contributed by atoms with van der Waals surface area (Å²) in [6.45, 7) is 9.03. The van der Waals surface area contributed by atoms with Crippen molar-refractivity contribution in [3.8, 4) is 0 Å². The molecule has 2 aliphatic rings. The molecular formula is C22H35FN4O2S. The van der Waals surface area contributed by atoms with Crippen molar-refractivity contribution in [1.82, 2.24) is 15.5 Å². The zero-order valence-electron chi connectivity index (χ0n) is 18.1. The highest BCUT2D eigenvalue weighted by Crippen LogP contribution is 2.41. The van der Waals surface area contributed by atoms with Gasteiger partial charge in [0.1, 0.15) is 5.82 Å². The van der Waals surface area contributed by atoms with E-state index in [4.69, 9.17) is 9.73 Å². The summed E-state index contributed by atoms with van der Waals surface area (Å²) in [7, 11) is 0. The van der Waals surface area contributed by atoms with Crippen LogP contribution in [0.25, 0.3) is 0 Å². The van der Waals surface area contributed by atoms with Crippen LogP contribution in [0.2, 0.25) is 0 Å². The summed E-state index contributed by atoms with van der Waals surface area (Å²) >= 11 is 1.82. The van der Waals surface area contributed by atoms with Gasteiger partial charge in [0.2, 0.25) is 0 Å². The van der Waals surface area contributed by atoms with Gasteiger partial charge in [0, 0.05) is 31.4 Å². The van der Waals surface area contributed by atoms with Crippen LogP contribution < -0.4 is 10.6 Å². The minimum absolute atomic E-state index is 0.0912. The van der Waals surface area contributed by atoms with Crippen LogP contribution in [0, 0.1) is 5.82 Å². The Labute approximate surface area is 183 Å². The fraction of sp³-hybridized carbons (Fsp3) is 0.682. The predicted molar refractivity (Wildman–Crippen MR) is 122 cm³/mol. The van der Waals surface area contributed by atoms with Gasteiger partial charge in [-0.3, -0.25) is 9.89 Å². The second-order valence-electron chi connectivity index (χ2n) is 7.88. The third-order valence-corrected chi connectivity index (χ3v) is 7.28. The van der Waals surface area contributed by atoms with Crippen LogP contribution in [0.5, 0.6) is 0 Å². The average molecular weight is 439 g/mol. The lowest BCUT2D eigenvalue weighted by molar-refractivity contribution is -0.0155. The Kier molecular flexibility index (Phi) is 8.80. The van der Waals surface area contributed by atoms with Crippen LogP contribution in [-0.2, 0) is 4.74 Å². The first-order valence-corrected chi connectivity index (χ1v) is 12.0. The van der Waals surface area contributed by atoms with Crippen molar-refractivity contribution < 1.29 is 14.2 Å². The topological polar surface area (TPSA) is 69.1 Å². The van der Waals surface area contributed by atoms with Crippen LogP contribution in [0.1, 0.15) is 38.3 Å². The Morgan fingerprint density at radius 1 is 1.30 bits per heavy atom. The van der Waals surface area contributed by atoms with Crippen molar-refractivity contribution in [3.63, 3.8) is 0 Å². The molecule has 0 amide bonds. The zero-order valence-corrected chi connectivity index (χ0v) is 18.9. The number of thioether (sulfide) groups is 1. The highest BCUT2D eigenvalue weighted by Gasteiger charge is 2.45. The van der Waals surface area contributed by atoms with E-state index < -0.39 is 5.60 Å². The van der Waals surface area contributed by atoms with E-state index >= 15 is 0 Å². The molecule has 6 nitrogen and oxygen atoms in total. The monoisotopic (exact) mass is 438 g/mol. The first kappa shape index (κ1) is 23.3. The summed E-state index contributed by atoms with van der Waals surface area (Å²) in [5, 5.41) is 17.9. The molecule has 0 radical (unpaired) electrons. The maximum Gasteiger partial charge on any atom is 0.191 e. The molecule has 168 valence electrons. The van der Waals surface area contributed by atoms with Gasteiger partial charge in [0.25, 0.3) is 0 Å². The number of guanidine groups is 1. The maximum atomic E-state index is 13.4. The van der Waals surface area contributed by atoms with Gasteiger partial charge in [-0.05, 0) is 43.2 Å². The van der Waals surface area contributed by atoms with Gasteiger partial charge in [-0.15, -0.1) is 0 Å². The van der Waals surface area contributed by atoms with E-state index in [1.807, 2.05) is 30.8 Å². The number of hydrogen-bond donors (Lipinski definition) is 3. The Morgan fingerprint density at radius 2 is 2.03 bits per heavy atom. The lowest BCUT2D eigenvalue weighted by Gasteiger charge is -2.44. The number of nitrogens with zero attached hydrogens (tertiary/aromatic N) is 2. The minimum atomic E-state index is -0.705. The van der Waals surface area contributed by atoms with Crippen molar-refractivity contribution in [1.29, 1.82) is 0 Å². The average Bonchev–Trinajstić information content (AvgIpc) is 2.76. The van der Waals surface area contributed by atoms with Gasteiger partial charge >= 0.3 is 0 Å². The Morgan fingerprint density at radius 3 is 2.63 bits per heavy atom. The molecule has 1 saturated carbocycles. The van der Waals surface area contributed by atoms with Gasteiger partial charge in [-0.2, -0.15) is 11.8 Å². The molecular weight excluding hydrogens is 403 g/mol. The van der Waals surface area contributed by atoms with Gasteiger partial charge in [0.05, 0.1) is 31.4 Å². The van der Waals surface area contributed by atoms with E-state index in [1.54, 1.807) is 0 Å². The molecule has 1 aromatic carbocycles. The normalized spacial score (nSPS) is 26.1. The number of rotatable bonds is 9. The van der Waals surface area contributed by atoms with E-state index in [-0.39, 0.29) is 17.1 Å². The smallest absolute Gasteiger partial charge is 0.191 e. The van der Waals surface area contributed by atoms with E-state index in [9.17, 15) is 9.50 Å². The number of aliphatic imine (C=N–C) groups is 1. The summed E-state index contributed by atoms with van der Waals surface area (Å²) in [5.41, 5.74) is 0.363. The molecule has 3 N–H and O–H groups in total. The molecule has 30 heavy (non-hydrogen) atoms. The molecule has 0 aromatic heterocycles. The van der Waals surface area contributed by atoms with Gasteiger partial charge in [-0.25, -0.2) is 4.39 Å². The Hall–Kier alpha value is -1.35. The molecule has 0 bridgehead atoms. The third kappa shape index (κ3) is 6.09. The molecule has 3 rings (SSSR count). The molecule has 2 fully saturated rings. The minimum Gasteiger partial charge on any atom is -0.387 e. The standard InChI is InChI=1S/C22H35FN4O2S/c1-3-24-21(26-16-22(28)10-9-20(22)30-4-2)25-15-19(27-11-13-29-14-12-27)17-5-7-18(23)8-6-17/h5-8,19-20,28H,3-4,9-16H2,1-2H3,(H2,24,25,26). The van der Waals surface area contributed by atoms with Crippen molar-refractivity contribution in [2.24, 2.45) is 4.99 Å². The second kappa shape index (κ2) is 11.3. The molecule has 0 spiro atoms. The molecule has 1 aromatic rings. The van der Waals surface area contributed by atoms with Gasteiger partial charge in [-0.1, -0.05) is 19.1 Å². The van der Waals surface area contributed by atoms with Crippen molar-refractivity contribution >= 4 is 17.7 Å².